The smallest absolute Gasteiger partial charge is 0.255 e. The van der Waals surface area contributed by atoms with Crippen molar-refractivity contribution in [3.63, 3.8) is 0 Å². The lowest BCUT2D eigenvalue weighted by atomic mass is 10.00. The molecule has 7 nitrogen and oxygen atoms in total. The van der Waals surface area contributed by atoms with E-state index in [0.29, 0.717) is 42.6 Å². The van der Waals surface area contributed by atoms with Crippen molar-refractivity contribution in [3.8, 4) is 5.75 Å². The number of ketones is 1. The van der Waals surface area contributed by atoms with Crippen LogP contribution in [0.1, 0.15) is 44.0 Å². The van der Waals surface area contributed by atoms with Gasteiger partial charge in [0.25, 0.3) is 5.91 Å². The Morgan fingerprint density at radius 3 is 2.76 bits per heavy atom. The zero-order valence-corrected chi connectivity index (χ0v) is 18.4. The standard InChI is InChI=1S/C21H30N4O3S/c1-5-6-12-23-19(27)21(2,3)25(20(23)29)24-13-11-22-14-16(24)18(26)15-9-7-8-10-17(15)28-4/h7-10,16,22H,5-6,11-14H2,1-4H3. The molecule has 0 radical (unpaired) electrons. The van der Waals surface area contributed by atoms with E-state index in [1.54, 1.807) is 24.1 Å². The number of para-hydroxylation sites is 1. The molecule has 3 rings (SSSR count). The Morgan fingerprint density at radius 2 is 2.07 bits per heavy atom. The maximum absolute atomic E-state index is 13.5. The van der Waals surface area contributed by atoms with Crippen LogP contribution in [-0.4, -0.2) is 76.6 Å². The van der Waals surface area contributed by atoms with Crippen molar-refractivity contribution in [1.29, 1.82) is 0 Å². The van der Waals surface area contributed by atoms with Gasteiger partial charge in [0.15, 0.2) is 10.9 Å². The summed E-state index contributed by atoms with van der Waals surface area (Å²) < 4.78 is 5.40. The van der Waals surface area contributed by atoms with Crippen molar-refractivity contribution < 1.29 is 14.3 Å². The first-order valence-corrected chi connectivity index (χ1v) is 10.6. The first-order valence-electron chi connectivity index (χ1n) is 10.1. The molecular formula is C21H30N4O3S. The molecule has 2 heterocycles. The van der Waals surface area contributed by atoms with Gasteiger partial charge < -0.3 is 10.1 Å². The second-order valence-electron chi connectivity index (χ2n) is 7.91. The van der Waals surface area contributed by atoms with E-state index in [4.69, 9.17) is 17.0 Å². The number of methoxy groups -OCH3 is 1. The van der Waals surface area contributed by atoms with E-state index in [1.807, 2.05) is 36.0 Å². The fraction of sp³-hybridized carbons (Fsp3) is 0.571. The van der Waals surface area contributed by atoms with Gasteiger partial charge in [0, 0.05) is 26.2 Å². The highest BCUT2D eigenvalue weighted by Gasteiger charge is 2.53. The summed E-state index contributed by atoms with van der Waals surface area (Å²) in [5, 5.41) is 7.61. The first kappa shape index (κ1) is 21.7. The lowest BCUT2D eigenvalue weighted by molar-refractivity contribution is -0.137. The molecular weight excluding hydrogens is 388 g/mol. The third kappa shape index (κ3) is 3.89. The number of hydrogen-bond acceptors (Lipinski definition) is 6. The van der Waals surface area contributed by atoms with Crippen molar-refractivity contribution in [2.24, 2.45) is 0 Å². The minimum absolute atomic E-state index is 0.0158. The highest BCUT2D eigenvalue weighted by atomic mass is 32.1. The summed E-state index contributed by atoms with van der Waals surface area (Å²) in [5.74, 6) is 0.484. The molecule has 0 bridgehead atoms. The van der Waals surface area contributed by atoms with Crippen molar-refractivity contribution in [1.82, 2.24) is 20.2 Å². The molecule has 1 aromatic rings. The lowest BCUT2D eigenvalue weighted by Gasteiger charge is -2.45. The number of nitrogens with zero attached hydrogens (tertiary/aromatic N) is 3. The number of hydrogen-bond donors (Lipinski definition) is 1. The molecule has 0 aliphatic carbocycles. The topological polar surface area (TPSA) is 65.1 Å². The molecule has 29 heavy (non-hydrogen) atoms. The van der Waals surface area contributed by atoms with E-state index in [9.17, 15) is 9.59 Å². The normalized spacial score (nSPS) is 22.3. The fourth-order valence-corrected chi connectivity index (χ4v) is 4.50. The Balaban J connectivity index is 1.94. The van der Waals surface area contributed by atoms with Crippen molar-refractivity contribution in [3.05, 3.63) is 29.8 Å². The maximum atomic E-state index is 13.5. The van der Waals surface area contributed by atoms with Crippen LogP contribution in [-0.2, 0) is 4.79 Å². The third-order valence-corrected chi connectivity index (χ3v) is 5.99. The summed E-state index contributed by atoms with van der Waals surface area (Å²) in [7, 11) is 1.56. The minimum Gasteiger partial charge on any atom is -0.496 e. The van der Waals surface area contributed by atoms with Crippen molar-refractivity contribution in [2.75, 3.05) is 33.3 Å². The molecule has 8 heteroatoms. The Bertz CT molecular complexity index is 798. The predicted octanol–water partition coefficient (Wildman–Crippen LogP) is 2.07. The van der Waals surface area contributed by atoms with Gasteiger partial charge in [0.1, 0.15) is 17.3 Å². The molecule has 158 valence electrons. The van der Waals surface area contributed by atoms with Crippen LogP contribution in [0.2, 0.25) is 0 Å². The van der Waals surface area contributed by atoms with Gasteiger partial charge in [-0.1, -0.05) is 25.5 Å². The highest BCUT2D eigenvalue weighted by molar-refractivity contribution is 7.80. The van der Waals surface area contributed by atoms with E-state index < -0.39 is 11.6 Å². The molecule has 0 saturated carbocycles. The molecule has 0 spiro atoms. The number of piperazine rings is 1. The molecule has 1 amide bonds. The molecule has 1 unspecified atom stereocenters. The maximum Gasteiger partial charge on any atom is 0.255 e. The van der Waals surface area contributed by atoms with Crippen LogP contribution < -0.4 is 10.1 Å². The number of hydrazine groups is 1. The average molecular weight is 419 g/mol. The number of ether oxygens (including phenoxy) is 1. The van der Waals surface area contributed by atoms with Crippen LogP contribution in [0.15, 0.2) is 24.3 Å². The van der Waals surface area contributed by atoms with E-state index in [0.717, 1.165) is 12.8 Å². The summed E-state index contributed by atoms with van der Waals surface area (Å²) in [6.07, 6.45) is 1.87. The van der Waals surface area contributed by atoms with Gasteiger partial charge in [-0.05, 0) is 44.6 Å². The Hall–Kier alpha value is -2.03. The second-order valence-corrected chi connectivity index (χ2v) is 8.28. The first-order chi connectivity index (χ1) is 13.8. The molecule has 2 aliphatic heterocycles. The number of amides is 1. The summed E-state index contributed by atoms with van der Waals surface area (Å²) >= 11 is 5.72. The number of thiocarbonyl (C=S) groups is 1. The van der Waals surface area contributed by atoms with Crippen LogP contribution in [0.5, 0.6) is 5.75 Å². The van der Waals surface area contributed by atoms with Crippen LogP contribution >= 0.6 is 12.2 Å². The van der Waals surface area contributed by atoms with Crippen molar-refractivity contribution >= 4 is 29.0 Å². The quantitative estimate of drug-likeness (QED) is 0.537. The number of carbonyl (C=O) groups excluding carboxylic acids is 2. The van der Waals surface area contributed by atoms with E-state index in [2.05, 4.69) is 12.2 Å². The molecule has 2 aliphatic rings. The number of unbranched alkanes of at least 4 members (excludes halogenated alkanes) is 1. The monoisotopic (exact) mass is 418 g/mol. The number of benzene rings is 1. The SMILES string of the molecule is CCCCN1C(=O)C(C)(C)N(N2CCNCC2C(=O)c2ccccc2OC)C1=S. The Kier molecular flexibility index (Phi) is 6.55. The molecule has 2 saturated heterocycles. The van der Waals surface area contributed by atoms with Gasteiger partial charge in [-0.3, -0.25) is 19.5 Å². The van der Waals surface area contributed by atoms with E-state index in [-0.39, 0.29) is 11.7 Å². The Morgan fingerprint density at radius 1 is 1.34 bits per heavy atom. The van der Waals surface area contributed by atoms with E-state index in [1.165, 1.54) is 0 Å². The van der Waals surface area contributed by atoms with Crippen LogP contribution in [0.25, 0.3) is 0 Å². The van der Waals surface area contributed by atoms with E-state index >= 15 is 0 Å². The third-order valence-electron chi connectivity index (χ3n) is 5.59. The zero-order valence-electron chi connectivity index (χ0n) is 17.6. The van der Waals surface area contributed by atoms with Gasteiger partial charge in [-0.15, -0.1) is 0 Å². The van der Waals surface area contributed by atoms with Gasteiger partial charge in [-0.25, -0.2) is 5.01 Å². The Labute approximate surface area is 177 Å². The summed E-state index contributed by atoms with van der Waals surface area (Å²) in [4.78, 5) is 28.2. The fourth-order valence-electron chi connectivity index (χ4n) is 3.99. The lowest BCUT2D eigenvalue weighted by Crippen LogP contribution is -2.65. The van der Waals surface area contributed by atoms with Gasteiger partial charge in [0.2, 0.25) is 0 Å². The number of carbonyl (C=O) groups is 2. The summed E-state index contributed by atoms with van der Waals surface area (Å²) in [6, 6.07) is 6.76. The van der Waals surface area contributed by atoms with Gasteiger partial charge >= 0.3 is 0 Å². The van der Waals surface area contributed by atoms with Gasteiger partial charge in [-0.2, -0.15) is 0 Å². The molecule has 1 atom stereocenters. The zero-order chi connectivity index (χ0) is 21.2. The largest absolute Gasteiger partial charge is 0.496 e. The molecule has 2 fully saturated rings. The van der Waals surface area contributed by atoms with Crippen LogP contribution in [0, 0.1) is 0 Å². The van der Waals surface area contributed by atoms with Crippen molar-refractivity contribution in [2.45, 2.75) is 45.2 Å². The van der Waals surface area contributed by atoms with Crippen LogP contribution in [0.3, 0.4) is 0 Å². The molecule has 1 aromatic carbocycles. The highest BCUT2D eigenvalue weighted by Crippen LogP contribution is 2.32. The number of nitrogens with one attached hydrogen (secondary N) is 1. The number of rotatable bonds is 7. The summed E-state index contributed by atoms with van der Waals surface area (Å²) in [6.45, 7) is 8.23. The second kappa shape index (κ2) is 8.77. The minimum atomic E-state index is -0.832. The summed E-state index contributed by atoms with van der Waals surface area (Å²) in [5.41, 5.74) is -0.299. The predicted molar refractivity (Wildman–Crippen MR) is 116 cm³/mol. The average Bonchev–Trinajstić information content (AvgIpc) is 2.90. The number of Topliss-reactive ketones (excluding diaryl/α,β-unsaturated/α-hetero) is 1. The van der Waals surface area contributed by atoms with Crippen LogP contribution in [0.4, 0.5) is 0 Å². The molecule has 1 N–H and O–H groups in total. The molecule has 0 aromatic heterocycles. The van der Waals surface area contributed by atoms with Gasteiger partial charge in [0.05, 0.1) is 12.7 Å².